The Balaban J connectivity index is 1.66. The maximum Gasteiger partial charge on any atom is 0.270 e. The van der Waals surface area contributed by atoms with Gasteiger partial charge in [0.25, 0.3) is 5.91 Å². The van der Waals surface area contributed by atoms with Crippen LogP contribution in [0.15, 0.2) is 36.5 Å². The molecular weight excluding hydrogens is 258 g/mol. The lowest BCUT2D eigenvalue weighted by molar-refractivity contribution is 0.0946. The maximum atomic E-state index is 11.9. The third-order valence-corrected chi connectivity index (χ3v) is 2.91. The average Bonchev–Trinajstić information content (AvgIpc) is 2.92. The van der Waals surface area contributed by atoms with E-state index in [4.69, 9.17) is 15.2 Å². The number of pyridine rings is 1. The fourth-order valence-electron chi connectivity index (χ4n) is 1.89. The Morgan fingerprint density at radius 2 is 2.10 bits per heavy atom. The molecule has 0 unspecified atom stereocenters. The number of hydrogen-bond acceptors (Lipinski definition) is 5. The SMILES string of the molecule is Nc1ccnc(C(=O)NCc2ccc3c(c2)OCO3)c1. The van der Waals surface area contributed by atoms with Crippen LogP contribution in [0.4, 0.5) is 5.69 Å². The minimum atomic E-state index is -0.269. The van der Waals surface area contributed by atoms with Gasteiger partial charge >= 0.3 is 0 Å². The Hall–Kier alpha value is -2.76. The molecule has 6 nitrogen and oxygen atoms in total. The highest BCUT2D eigenvalue weighted by atomic mass is 16.7. The number of carbonyl (C=O) groups is 1. The van der Waals surface area contributed by atoms with E-state index in [-0.39, 0.29) is 12.7 Å². The van der Waals surface area contributed by atoms with Crippen molar-refractivity contribution in [2.45, 2.75) is 6.54 Å². The Kier molecular flexibility index (Phi) is 3.12. The molecule has 6 heteroatoms. The molecule has 3 N–H and O–H groups in total. The van der Waals surface area contributed by atoms with Gasteiger partial charge in [0.15, 0.2) is 11.5 Å². The summed E-state index contributed by atoms with van der Waals surface area (Å²) in [5.74, 6) is 1.14. The number of hydrogen-bond donors (Lipinski definition) is 2. The van der Waals surface area contributed by atoms with Crippen LogP contribution >= 0.6 is 0 Å². The summed E-state index contributed by atoms with van der Waals surface area (Å²) >= 11 is 0. The fourth-order valence-corrected chi connectivity index (χ4v) is 1.89. The number of nitrogens with one attached hydrogen (secondary N) is 1. The normalized spacial score (nSPS) is 12.2. The number of nitrogens with zero attached hydrogens (tertiary/aromatic N) is 1. The van der Waals surface area contributed by atoms with E-state index in [9.17, 15) is 4.79 Å². The number of nitrogen functional groups attached to an aromatic ring is 1. The van der Waals surface area contributed by atoms with Gasteiger partial charge < -0.3 is 20.5 Å². The third-order valence-electron chi connectivity index (χ3n) is 2.91. The quantitative estimate of drug-likeness (QED) is 0.879. The van der Waals surface area contributed by atoms with E-state index >= 15 is 0 Å². The first kappa shape index (κ1) is 12.3. The molecule has 102 valence electrons. The van der Waals surface area contributed by atoms with Crippen LogP contribution in [0.25, 0.3) is 0 Å². The second-order valence-corrected chi connectivity index (χ2v) is 4.34. The number of ether oxygens (including phenoxy) is 2. The van der Waals surface area contributed by atoms with Gasteiger partial charge in [-0.05, 0) is 29.8 Å². The molecule has 0 bridgehead atoms. The summed E-state index contributed by atoms with van der Waals surface area (Å²) in [4.78, 5) is 15.9. The second-order valence-electron chi connectivity index (χ2n) is 4.34. The number of fused-ring (bicyclic) bond motifs is 1. The minimum absolute atomic E-state index is 0.234. The van der Waals surface area contributed by atoms with Gasteiger partial charge in [0.05, 0.1) is 0 Å². The topological polar surface area (TPSA) is 86.5 Å². The van der Waals surface area contributed by atoms with Crippen molar-refractivity contribution in [1.29, 1.82) is 0 Å². The molecule has 3 rings (SSSR count). The van der Waals surface area contributed by atoms with Gasteiger partial charge in [0, 0.05) is 18.4 Å². The molecule has 1 aromatic heterocycles. The van der Waals surface area contributed by atoms with Crippen molar-refractivity contribution in [3.05, 3.63) is 47.8 Å². The maximum absolute atomic E-state index is 11.9. The van der Waals surface area contributed by atoms with E-state index in [0.29, 0.717) is 23.7 Å². The molecule has 0 saturated heterocycles. The molecule has 0 fully saturated rings. The summed E-state index contributed by atoms with van der Waals surface area (Å²) in [5.41, 5.74) is 7.34. The zero-order valence-electron chi connectivity index (χ0n) is 10.6. The summed E-state index contributed by atoms with van der Waals surface area (Å²) in [7, 11) is 0. The Morgan fingerprint density at radius 3 is 2.95 bits per heavy atom. The fraction of sp³-hybridized carbons (Fsp3) is 0.143. The van der Waals surface area contributed by atoms with Crippen molar-refractivity contribution in [2.75, 3.05) is 12.5 Å². The van der Waals surface area contributed by atoms with Gasteiger partial charge in [-0.2, -0.15) is 0 Å². The standard InChI is InChI=1S/C14H13N3O3/c15-10-3-4-16-11(6-10)14(18)17-7-9-1-2-12-13(5-9)20-8-19-12/h1-6H,7-8H2,(H2,15,16)(H,17,18). The van der Waals surface area contributed by atoms with E-state index < -0.39 is 0 Å². The van der Waals surface area contributed by atoms with Crippen LogP contribution in [0.2, 0.25) is 0 Å². The molecule has 2 heterocycles. The van der Waals surface area contributed by atoms with Crippen molar-refractivity contribution in [3.8, 4) is 11.5 Å². The van der Waals surface area contributed by atoms with Gasteiger partial charge in [-0.15, -0.1) is 0 Å². The summed E-state index contributed by atoms with van der Waals surface area (Å²) < 4.78 is 10.5. The lowest BCUT2D eigenvalue weighted by Crippen LogP contribution is -2.23. The van der Waals surface area contributed by atoms with Crippen LogP contribution < -0.4 is 20.5 Å². The number of rotatable bonds is 3. The summed E-state index contributed by atoms with van der Waals surface area (Å²) in [6, 6.07) is 8.71. The van der Waals surface area contributed by atoms with E-state index in [1.54, 1.807) is 6.07 Å². The van der Waals surface area contributed by atoms with Gasteiger partial charge in [0.2, 0.25) is 6.79 Å². The highest BCUT2D eigenvalue weighted by Crippen LogP contribution is 2.32. The number of anilines is 1. The highest BCUT2D eigenvalue weighted by molar-refractivity contribution is 5.92. The van der Waals surface area contributed by atoms with E-state index in [1.807, 2.05) is 18.2 Å². The molecule has 0 atom stereocenters. The molecule has 1 aliphatic heterocycles. The largest absolute Gasteiger partial charge is 0.454 e. The molecule has 2 aromatic rings. The number of aromatic nitrogens is 1. The molecular formula is C14H13N3O3. The van der Waals surface area contributed by atoms with Crippen molar-refractivity contribution >= 4 is 11.6 Å². The summed E-state index contributed by atoms with van der Waals surface area (Å²) in [5, 5.41) is 2.78. The second kappa shape index (κ2) is 5.08. The highest BCUT2D eigenvalue weighted by Gasteiger charge is 2.13. The molecule has 0 aliphatic carbocycles. The zero-order valence-corrected chi connectivity index (χ0v) is 10.6. The smallest absolute Gasteiger partial charge is 0.270 e. The molecule has 0 spiro atoms. The predicted molar refractivity (Wildman–Crippen MR) is 72.4 cm³/mol. The van der Waals surface area contributed by atoms with Crippen LogP contribution in [0.1, 0.15) is 16.1 Å². The van der Waals surface area contributed by atoms with Crippen molar-refractivity contribution in [3.63, 3.8) is 0 Å². The van der Waals surface area contributed by atoms with Crippen LogP contribution in [0.5, 0.6) is 11.5 Å². The van der Waals surface area contributed by atoms with Gasteiger partial charge in [-0.1, -0.05) is 6.07 Å². The molecule has 20 heavy (non-hydrogen) atoms. The van der Waals surface area contributed by atoms with E-state index in [2.05, 4.69) is 10.3 Å². The van der Waals surface area contributed by atoms with E-state index in [1.165, 1.54) is 12.3 Å². The number of carbonyl (C=O) groups excluding carboxylic acids is 1. The Morgan fingerprint density at radius 1 is 1.25 bits per heavy atom. The predicted octanol–water partition coefficient (Wildman–Crippen LogP) is 1.32. The van der Waals surface area contributed by atoms with Crippen LogP contribution in [0.3, 0.4) is 0 Å². The summed E-state index contributed by atoms with van der Waals surface area (Å²) in [6.45, 7) is 0.615. The molecule has 1 aliphatic rings. The monoisotopic (exact) mass is 271 g/mol. The first-order chi connectivity index (χ1) is 9.72. The first-order valence-electron chi connectivity index (χ1n) is 6.10. The molecule has 0 saturated carbocycles. The Bertz CT molecular complexity index is 658. The van der Waals surface area contributed by atoms with Gasteiger partial charge in [-0.25, -0.2) is 0 Å². The third kappa shape index (κ3) is 2.49. The van der Waals surface area contributed by atoms with Crippen molar-refractivity contribution < 1.29 is 14.3 Å². The van der Waals surface area contributed by atoms with Crippen LogP contribution in [-0.2, 0) is 6.54 Å². The average molecular weight is 271 g/mol. The van der Waals surface area contributed by atoms with Gasteiger partial charge in [0.1, 0.15) is 5.69 Å². The molecule has 1 aromatic carbocycles. The Labute approximate surface area is 115 Å². The van der Waals surface area contributed by atoms with Crippen LogP contribution in [0, 0.1) is 0 Å². The number of amides is 1. The zero-order chi connectivity index (χ0) is 13.9. The van der Waals surface area contributed by atoms with E-state index in [0.717, 1.165) is 11.3 Å². The first-order valence-corrected chi connectivity index (χ1v) is 6.10. The summed E-state index contributed by atoms with van der Waals surface area (Å²) in [6.07, 6.45) is 1.50. The molecule has 0 radical (unpaired) electrons. The van der Waals surface area contributed by atoms with Crippen molar-refractivity contribution in [2.24, 2.45) is 0 Å². The van der Waals surface area contributed by atoms with Gasteiger partial charge in [-0.3, -0.25) is 9.78 Å². The number of benzene rings is 1. The molecule has 1 amide bonds. The van der Waals surface area contributed by atoms with Crippen molar-refractivity contribution in [1.82, 2.24) is 10.3 Å². The lowest BCUT2D eigenvalue weighted by Gasteiger charge is -2.06. The lowest BCUT2D eigenvalue weighted by atomic mass is 10.2. The number of nitrogens with two attached hydrogens (primary N) is 1. The van der Waals surface area contributed by atoms with Crippen LogP contribution in [-0.4, -0.2) is 17.7 Å². The minimum Gasteiger partial charge on any atom is -0.454 e.